The fourth-order valence-electron chi connectivity index (χ4n) is 1.13. The minimum atomic E-state index is 0.574. The van der Waals surface area contributed by atoms with Crippen LogP contribution in [0.5, 0.6) is 5.75 Å². The Kier molecular flexibility index (Phi) is 3.58. The lowest BCUT2D eigenvalue weighted by Gasteiger charge is -2.03. The van der Waals surface area contributed by atoms with Crippen molar-refractivity contribution in [3.8, 4) is 5.75 Å². The van der Waals surface area contributed by atoms with Gasteiger partial charge in [-0.25, -0.2) is 9.97 Å². The predicted molar refractivity (Wildman–Crippen MR) is 65.2 cm³/mol. The first kappa shape index (κ1) is 11.2. The molecule has 0 saturated heterocycles. The first-order chi connectivity index (χ1) is 7.78. The Morgan fingerprint density at radius 1 is 1.38 bits per heavy atom. The van der Waals surface area contributed by atoms with E-state index in [4.69, 9.17) is 16.3 Å². The van der Waals surface area contributed by atoms with E-state index < -0.39 is 0 Å². The van der Waals surface area contributed by atoms with Crippen LogP contribution in [0.4, 0.5) is 5.95 Å². The topological polar surface area (TPSA) is 47.0 Å². The minimum Gasteiger partial charge on any atom is -0.494 e. The second kappa shape index (κ2) is 5.14. The Morgan fingerprint density at radius 3 is 2.69 bits per heavy atom. The molecule has 0 aromatic carbocycles. The highest BCUT2D eigenvalue weighted by Gasteiger charge is 2.00. The number of methoxy groups -OCH3 is 1. The van der Waals surface area contributed by atoms with Gasteiger partial charge in [-0.1, -0.05) is 11.6 Å². The van der Waals surface area contributed by atoms with E-state index in [0.29, 0.717) is 18.2 Å². The summed E-state index contributed by atoms with van der Waals surface area (Å²) in [6.45, 7) is 0.670. The van der Waals surface area contributed by atoms with Crippen LogP contribution in [0.3, 0.4) is 0 Å². The molecule has 2 aromatic heterocycles. The van der Waals surface area contributed by atoms with Crippen LogP contribution in [0.1, 0.15) is 4.88 Å². The molecule has 0 saturated carbocycles. The second-order valence-corrected chi connectivity index (χ2v) is 4.81. The van der Waals surface area contributed by atoms with Gasteiger partial charge in [0.25, 0.3) is 0 Å². The van der Waals surface area contributed by atoms with Crippen molar-refractivity contribution < 1.29 is 4.74 Å². The van der Waals surface area contributed by atoms with Gasteiger partial charge in [0.1, 0.15) is 0 Å². The summed E-state index contributed by atoms with van der Waals surface area (Å²) in [6.07, 6.45) is 3.24. The molecule has 0 amide bonds. The van der Waals surface area contributed by atoms with Gasteiger partial charge in [-0.3, -0.25) is 0 Å². The predicted octanol–water partition coefficient (Wildman–Crippen LogP) is 2.81. The lowest BCUT2D eigenvalue weighted by molar-refractivity contribution is 0.411. The maximum absolute atomic E-state index is 5.82. The van der Waals surface area contributed by atoms with E-state index in [9.17, 15) is 0 Å². The highest BCUT2D eigenvalue weighted by atomic mass is 35.5. The van der Waals surface area contributed by atoms with Crippen LogP contribution in [0.2, 0.25) is 4.34 Å². The average molecular weight is 256 g/mol. The van der Waals surface area contributed by atoms with Crippen LogP contribution in [0.25, 0.3) is 0 Å². The van der Waals surface area contributed by atoms with Crippen molar-refractivity contribution >= 4 is 28.9 Å². The van der Waals surface area contributed by atoms with E-state index in [1.807, 2.05) is 12.1 Å². The van der Waals surface area contributed by atoms with Crippen LogP contribution < -0.4 is 10.1 Å². The molecule has 2 heterocycles. The van der Waals surface area contributed by atoms with Gasteiger partial charge in [-0.05, 0) is 12.1 Å². The molecular weight excluding hydrogens is 246 g/mol. The number of nitrogens with zero attached hydrogens (tertiary/aromatic N) is 2. The molecule has 1 N–H and O–H groups in total. The Morgan fingerprint density at radius 2 is 2.12 bits per heavy atom. The summed E-state index contributed by atoms with van der Waals surface area (Å²) >= 11 is 7.36. The zero-order valence-corrected chi connectivity index (χ0v) is 10.2. The fraction of sp³-hybridized carbons (Fsp3) is 0.200. The maximum Gasteiger partial charge on any atom is 0.223 e. The van der Waals surface area contributed by atoms with E-state index in [-0.39, 0.29) is 0 Å². The molecule has 84 valence electrons. The molecule has 0 radical (unpaired) electrons. The van der Waals surface area contributed by atoms with Crippen molar-refractivity contribution in [2.75, 3.05) is 12.4 Å². The number of nitrogens with one attached hydrogen (secondary N) is 1. The summed E-state index contributed by atoms with van der Waals surface area (Å²) in [5.41, 5.74) is 0. The standard InChI is InChI=1S/C10H10ClN3OS/c1-15-7-4-12-10(13-5-7)14-6-8-2-3-9(11)16-8/h2-5H,6H2,1H3,(H,12,13,14). The molecule has 0 aliphatic carbocycles. The normalized spacial score (nSPS) is 10.1. The SMILES string of the molecule is COc1cnc(NCc2ccc(Cl)s2)nc1. The second-order valence-electron chi connectivity index (χ2n) is 3.01. The summed E-state index contributed by atoms with van der Waals surface area (Å²) in [5, 5.41) is 3.10. The van der Waals surface area contributed by atoms with Gasteiger partial charge in [0.2, 0.25) is 5.95 Å². The molecule has 16 heavy (non-hydrogen) atoms. The van der Waals surface area contributed by atoms with E-state index in [1.54, 1.807) is 19.5 Å². The molecule has 2 aromatic rings. The number of thiophene rings is 1. The molecule has 0 aliphatic heterocycles. The zero-order chi connectivity index (χ0) is 11.4. The molecule has 0 spiro atoms. The number of hydrogen-bond acceptors (Lipinski definition) is 5. The molecule has 6 heteroatoms. The monoisotopic (exact) mass is 255 g/mol. The maximum atomic E-state index is 5.82. The van der Waals surface area contributed by atoms with Gasteiger partial charge in [-0.2, -0.15) is 0 Å². The highest BCUT2D eigenvalue weighted by Crippen LogP contribution is 2.21. The zero-order valence-electron chi connectivity index (χ0n) is 8.61. The van der Waals surface area contributed by atoms with Crippen LogP contribution in [0.15, 0.2) is 24.5 Å². The molecular formula is C10H10ClN3OS. The third kappa shape index (κ3) is 2.84. The quantitative estimate of drug-likeness (QED) is 0.913. The summed E-state index contributed by atoms with van der Waals surface area (Å²) in [7, 11) is 1.58. The number of hydrogen-bond donors (Lipinski definition) is 1. The Labute approximate surface area is 102 Å². The van der Waals surface area contributed by atoms with Crippen LogP contribution in [-0.4, -0.2) is 17.1 Å². The molecule has 2 rings (SSSR count). The third-order valence-electron chi connectivity index (χ3n) is 1.91. The highest BCUT2D eigenvalue weighted by molar-refractivity contribution is 7.16. The van der Waals surface area contributed by atoms with Crippen molar-refractivity contribution in [3.63, 3.8) is 0 Å². The van der Waals surface area contributed by atoms with Crippen molar-refractivity contribution in [1.82, 2.24) is 9.97 Å². The van der Waals surface area contributed by atoms with E-state index >= 15 is 0 Å². The molecule has 0 aliphatic rings. The third-order valence-corrected chi connectivity index (χ3v) is 3.14. The number of aromatic nitrogens is 2. The Balaban J connectivity index is 1.94. The molecule has 0 unspecified atom stereocenters. The lowest BCUT2D eigenvalue weighted by atomic mass is 10.5. The molecule has 0 bridgehead atoms. The van der Waals surface area contributed by atoms with Gasteiger partial charge in [-0.15, -0.1) is 11.3 Å². The van der Waals surface area contributed by atoms with Crippen molar-refractivity contribution in [3.05, 3.63) is 33.7 Å². The lowest BCUT2D eigenvalue weighted by Crippen LogP contribution is -2.01. The van der Waals surface area contributed by atoms with Crippen molar-refractivity contribution in [2.24, 2.45) is 0 Å². The van der Waals surface area contributed by atoms with E-state index in [1.165, 1.54) is 11.3 Å². The summed E-state index contributed by atoms with van der Waals surface area (Å²) in [6, 6.07) is 3.85. The Bertz CT molecular complexity index is 457. The van der Waals surface area contributed by atoms with Gasteiger partial charge >= 0.3 is 0 Å². The fourth-order valence-corrected chi connectivity index (χ4v) is 2.15. The summed E-state index contributed by atoms with van der Waals surface area (Å²) < 4.78 is 5.75. The minimum absolute atomic E-state index is 0.574. The first-order valence-corrected chi connectivity index (χ1v) is 5.81. The number of rotatable bonds is 4. The van der Waals surface area contributed by atoms with Gasteiger partial charge in [0, 0.05) is 4.88 Å². The largest absolute Gasteiger partial charge is 0.494 e. The average Bonchev–Trinajstić information content (AvgIpc) is 2.73. The van der Waals surface area contributed by atoms with Crippen LogP contribution in [-0.2, 0) is 6.54 Å². The van der Waals surface area contributed by atoms with Crippen LogP contribution >= 0.6 is 22.9 Å². The smallest absolute Gasteiger partial charge is 0.223 e. The van der Waals surface area contributed by atoms with Crippen molar-refractivity contribution in [2.45, 2.75) is 6.54 Å². The van der Waals surface area contributed by atoms with Gasteiger partial charge in [0.05, 0.1) is 30.4 Å². The van der Waals surface area contributed by atoms with E-state index in [2.05, 4.69) is 15.3 Å². The summed E-state index contributed by atoms with van der Waals surface area (Å²) in [4.78, 5) is 9.33. The molecule has 4 nitrogen and oxygen atoms in total. The summed E-state index contributed by atoms with van der Waals surface area (Å²) in [5.74, 6) is 1.22. The number of anilines is 1. The number of ether oxygens (including phenoxy) is 1. The molecule has 0 atom stereocenters. The number of halogens is 1. The van der Waals surface area contributed by atoms with Gasteiger partial charge in [0.15, 0.2) is 5.75 Å². The Hall–Kier alpha value is -1.33. The van der Waals surface area contributed by atoms with Crippen molar-refractivity contribution in [1.29, 1.82) is 0 Å². The van der Waals surface area contributed by atoms with E-state index in [0.717, 1.165) is 9.21 Å². The first-order valence-electron chi connectivity index (χ1n) is 4.62. The molecule has 0 fully saturated rings. The van der Waals surface area contributed by atoms with Crippen LogP contribution in [0, 0.1) is 0 Å². The van der Waals surface area contributed by atoms with Gasteiger partial charge < -0.3 is 10.1 Å².